The van der Waals surface area contributed by atoms with E-state index in [0.717, 1.165) is 27.9 Å². The fourth-order valence-electron chi connectivity index (χ4n) is 1.52. The van der Waals surface area contributed by atoms with Crippen molar-refractivity contribution in [3.63, 3.8) is 0 Å². The highest BCUT2D eigenvalue weighted by Gasteiger charge is 2.20. The van der Waals surface area contributed by atoms with E-state index < -0.39 is 0 Å². The van der Waals surface area contributed by atoms with Crippen molar-refractivity contribution in [2.75, 3.05) is 5.73 Å². The molecule has 2 rings (SSSR count). The number of rotatable bonds is 3. The smallest absolute Gasteiger partial charge is 0.137 e. The van der Waals surface area contributed by atoms with Crippen molar-refractivity contribution in [1.82, 2.24) is 9.97 Å². The van der Waals surface area contributed by atoms with Gasteiger partial charge in [-0.3, -0.25) is 0 Å². The van der Waals surface area contributed by atoms with E-state index in [1.165, 1.54) is 0 Å². The van der Waals surface area contributed by atoms with Crippen molar-refractivity contribution in [2.24, 2.45) is 0 Å². The molecule has 0 fully saturated rings. The van der Waals surface area contributed by atoms with Crippen molar-refractivity contribution < 1.29 is 4.42 Å². The molecule has 0 radical (unpaired) electrons. The lowest BCUT2D eigenvalue weighted by Crippen LogP contribution is -2.18. The van der Waals surface area contributed by atoms with Gasteiger partial charge in [0, 0.05) is 11.0 Å². The molecule has 0 unspecified atom stereocenters. The lowest BCUT2D eigenvalue weighted by atomic mass is 9.95. The van der Waals surface area contributed by atoms with Crippen LogP contribution in [0.25, 0.3) is 0 Å². The van der Waals surface area contributed by atoms with Gasteiger partial charge in [0.15, 0.2) is 0 Å². The molecule has 0 aliphatic carbocycles. The van der Waals surface area contributed by atoms with Crippen LogP contribution in [0.2, 0.25) is 0 Å². The highest BCUT2D eigenvalue weighted by molar-refractivity contribution is 7.98. The molecule has 0 aliphatic rings. The molecular weight excluding hydrogens is 258 g/mol. The maximum absolute atomic E-state index is 5.98. The minimum atomic E-state index is -0.109. The molecule has 0 aromatic carbocycles. The van der Waals surface area contributed by atoms with Crippen molar-refractivity contribution >= 4 is 17.6 Å². The molecule has 0 aliphatic heterocycles. The summed E-state index contributed by atoms with van der Waals surface area (Å²) in [7, 11) is 0. The Morgan fingerprint density at radius 3 is 2.63 bits per heavy atom. The Morgan fingerprint density at radius 2 is 2.05 bits per heavy atom. The molecule has 0 saturated heterocycles. The van der Waals surface area contributed by atoms with Crippen molar-refractivity contribution in [3.05, 3.63) is 35.5 Å². The number of aromatic nitrogens is 2. The summed E-state index contributed by atoms with van der Waals surface area (Å²) in [6.45, 7) is 8.19. The van der Waals surface area contributed by atoms with Crippen molar-refractivity contribution in [3.8, 4) is 0 Å². The van der Waals surface area contributed by atoms with Crippen LogP contribution in [0.5, 0.6) is 0 Å². The van der Waals surface area contributed by atoms with Gasteiger partial charge < -0.3 is 10.2 Å². The van der Waals surface area contributed by atoms with E-state index in [9.17, 15) is 0 Å². The van der Waals surface area contributed by atoms with E-state index in [0.29, 0.717) is 5.82 Å². The van der Waals surface area contributed by atoms with Crippen LogP contribution < -0.4 is 5.73 Å². The highest BCUT2D eigenvalue weighted by atomic mass is 32.2. The van der Waals surface area contributed by atoms with Gasteiger partial charge in [0.2, 0.25) is 0 Å². The monoisotopic (exact) mass is 277 g/mol. The average molecular weight is 277 g/mol. The predicted octanol–water partition coefficient (Wildman–Crippen LogP) is 3.55. The zero-order valence-corrected chi connectivity index (χ0v) is 12.5. The molecule has 5 heteroatoms. The molecule has 0 bridgehead atoms. The Kier molecular flexibility index (Phi) is 3.85. The fraction of sp³-hybridized carbons (Fsp3) is 0.429. The number of furan rings is 1. The first-order chi connectivity index (χ1) is 8.88. The van der Waals surface area contributed by atoms with E-state index in [2.05, 4.69) is 30.7 Å². The molecule has 19 heavy (non-hydrogen) atoms. The van der Waals surface area contributed by atoms with Crippen LogP contribution >= 0.6 is 11.8 Å². The first-order valence-corrected chi connectivity index (χ1v) is 7.16. The number of nitrogens with two attached hydrogens (primary N) is 1. The first-order valence-electron chi connectivity index (χ1n) is 6.17. The predicted molar refractivity (Wildman–Crippen MR) is 78.2 cm³/mol. The van der Waals surface area contributed by atoms with Crippen molar-refractivity contribution in [1.29, 1.82) is 0 Å². The average Bonchev–Trinajstić information content (AvgIpc) is 2.82. The summed E-state index contributed by atoms with van der Waals surface area (Å²) < 4.78 is 5.33. The van der Waals surface area contributed by atoms with Gasteiger partial charge in [-0.05, 0) is 19.1 Å². The third-order valence-electron chi connectivity index (χ3n) is 2.74. The molecular formula is C14H19N3OS. The summed E-state index contributed by atoms with van der Waals surface area (Å²) in [5.74, 6) is 3.01. The van der Waals surface area contributed by atoms with Gasteiger partial charge in [0.25, 0.3) is 0 Å². The minimum Gasteiger partial charge on any atom is -0.468 e. The van der Waals surface area contributed by atoms with E-state index in [1.807, 2.05) is 19.1 Å². The van der Waals surface area contributed by atoms with E-state index in [4.69, 9.17) is 10.2 Å². The van der Waals surface area contributed by atoms with Gasteiger partial charge in [-0.15, -0.1) is 0 Å². The molecule has 2 N–H and O–H groups in total. The molecule has 0 saturated carbocycles. The summed E-state index contributed by atoms with van der Waals surface area (Å²) in [4.78, 5) is 9.01. The molecule has 4 nitrogen and oxygen atoms in total. The Morgan fingerprint density at radius 1 is 1.32 bits per heavy atom. The second kappa shape index (κ2) is 5.25. The number of hydrogen-bond donors (Lipinski definition) is 1. The number of nitrogen functional groups attached to an aromatic ring is 1. The van der Waals surface area contributed by atoms with Crippen LogP contribution in [0.4, 0.5) is 5.82 Å². The minimum absolute atomic E-state index is 0.109. The quantitative estimate of drug-likeness (QED) is 0.686. The molecule has 0 amide bonds. The zero-order chi connectivity index (χ0) is 14.0. The van der Waals surface area contributed by atoms with Gasteiger partial charge in [-0.25, -0.2) is 9.97 Å². The Labute approximate surface area is 117 Å². The Bertz CT molecular complexity index is 559. The largest absolute Gasteiger partial charge is 0.468 e. The Balaban J connectivity index is 2.26. The standard InChI is InChI=1S/C14H19N3OS/c1-9-11(15)16-13(14(2,3)4)17-12(9)19-8-10-6-5-7-18-10/h5-7H,8H2,1-4H3,(H2,15,16,17). The summed E-state index contributed by atoms with van der Waals surface area (Å²) in [5, 5.41) is 0.925. The maximum atomic E-state index is 5.98. The summed E-state index contributed by atoms with van der Waals surface area (Å²) in [5.41, 5.74) is 6.80. The van der Waals surface area contributed by atoms with Crippen LogP contribution in [0, 0.1) is 6.92 Å². The number of thioether (sulfide) groups is 1. The molecule has 0 spiro atoms. The number of nitrogens with zero attached hydrogens (tertiary/aromatic N) is 2. The van der Waals surface area contributed by atoms with Gasteiger partial charge in [0.05, 0.1) is 12.0 Å². The fourth-order valence-corrected chi connectivity index (χ4v) is 2.44. The van der Waals surface area contributed by atoms with Gasteiger partial charge in [0.1, 0.15) is 22.4 Å². The van der Waals surface area contributed by atoms with E-state index in [-0.39, 0.29) is 5.41 Å². The molecule has 2 heterocycles. The molecule has 102 valence electrons. The third-order valence-corrected chi connectivity index (χ3v) is 3.84. The van der Waals surface area contributed by atoms with Crippen LogP contribution in [-0.4, -0.2) is 9.97 Å². The molecule has 2 aromatic rings. The summed E-state index contributed by atoms with van der Waals surface area (Å²) in [6, 6.07) is 3.84. The second-order valence-electron chi connectivity index (χ2n) is 5.48. The number of anilines is 1. The summed E-state index contributed by atoms with van der Waals surface area (Å²) in [6.07, 6.45) is 1.68. The second-order valence-corrected chi connectivity index (χ2v) is 6.44. The topological polar surface area (TPSA) is 64.9 Å². The Hall–Kier alpha value is -1.49. The van der Waals surface area contributed by atoms with Gasteiger partial charge >= 0.3 is 0 Å². The highest BCUT2D eigenvalue weighted by Crippen LogP contribution is 2.29. The lowest BCUT2D eigenvalue weighted by molar-refractivity contribution is 0.529. The first kappa shape index (κ1) is 13.9. The molecule has 0 atom stereocenters. The van der Waals surface area contributed by atoms with E-state index >= 15 is 0 Å². The van der Waals surface area contributed by atoms with Gasteiger partial charge in [-0.1, -0.05) is 32.5 Å². The summed E-state index contributed by atoms with van der Waals surface area (Å²) >= 11 is 1.62. The zero-order valence-electron chi connectivity index (χ0n) is 11.7. The molecule has 2 aromatic heterocycles. The van der Waals surface area contributed by atoms with Gasteiger partial charge in [-0.2, -0.15) is 0 Å². The normalized spacial score (nSPS) is 11.8. The van der Waals surface area contributed by atoms with Crippen LogP contribution in [0.1, 0.15) is 37.9 Å². The van der Waals surface area contributed by atoms with E-state index in [1.54, 1.807) is 18.0 Å². The third kappa shape index (κ3) is 3.29. The SMILES string of the molecule is Cc1c(N)nc(C(C)(C)C)nc1SCc1ccco1. The maximum Gasteiger partial charge on any atom is 0.137 e. The van der Waals surface area contributed by atoms with Crippen LogP contribution in [0.15, 0.2) is 27.8 Å². The lowest BCUT2D eigenvalue weighted by Gasteiger charge is -2.19. The van der Waals surface area contributed by atoms with Crippen molar-refractivity contribution in [2.45, 2.75) is 43.9 Å². The van der Waals surface area contributed by atoms with Crippen LogP contribution in [-0.2, 0) is 11.2 Å². The van der Waals surface area contributed by atoms with Crippen LogP contribution in [0.3, 0.4) is 0 Å². The number of hydrogen-bond acceptors (Lipinski definition) is 5.